The molecule has 1 aromatic carbocycles. The molecule has 0 aromatic heterocycles. The molecule has 1 aliphatic heterocycles. The highest BCUT2D eigenvalue weighted by molar-refractivity contribution is 5.77. The van der Waals surface area contributed by atoms with Gasteiger partial charge >= 0.3 is 6.03 Å². The summed E-state index contributed by atoms with van der Waals surface area (Å²) in [5.74, 6) is 0. The van der Waals surface area contributed by atoms with Crippen LogP contribution in [0, 0.1) is 20.8 Å². The van der Waals surface area contributed by atoms with E-state index in [0.29, 0.717) is 13.1 Å². The molecule has 1 fully saturated rings. The molecule has 2 amide bonds. The van der Waals surface area contributed by atoms with Gasteiger partial charge in [-0.25, -0.2) is 4.79 Å². The van der Waals surface area contributed by atoms with Crippen molar-refractivity contribution in [2.75, 3.05) is 13.1 Å². The van der Waals surface area contributed by atoms with Crippen molar-refractivity contribution in [3.8, 4) is 0 Å². The first-order chi connectivity index (χ1) is 8.88. The van der Waals surface area contributed by atoms with Gasteiger partial charge in [0.1, 0.15) is 0 Å². The lowest BCUT2D eigenvalue weighted by Gasteiger charge is -2.18. The molecule has 0 saturated carbocycles. The lowest BCUT2D eigenvalue weighted by molar-refractivity contribution is 0.215. The molecule has 1 aromatic rings. The summed E-state index contributed by atoms with van der Waals surface area (Å²) in [5, 5.41) is 3.04. The smallest absolute Gasteiger partial charge is 0.318 e. The molecule has 0 aliphatic carbocycles. The Morgan fingerprint density at radius 3 is 2.58 bits per heavy atom. The van der Waals surface area contributed by atoms with Crippen LogP contribution >= 0.6 is 0 Å². The van der Waals surface area contributed by atoms with E-state index < -0.39 is 0 Å². The lowest BCUT2D eigenvalue weighted by Crippen LogP contribution is -2.37. The number of nitrogens with two attached hydrogens (primary N) is 1. The Morgan fingerprint density at radius 1 is 1.32 bits per heavy atom. The van der Waals surface area contributed by atoms with Crippen molar-refractivity contribution in [2.45, 2.75) is 39.8 Å². The van der Waals surface area contributed by atoms with Crippen molar-refractivity contribution in [1.29, 1.82) is 0 Å². The molecule has 104 valence electrons. The number of amides is 2. The lowest BCUT2D eigenvalue weighted by atomic mass is 9.96. The zero-order valence-electron chi connectivity index (χ0n) is 12.2. The van der Waals surface area contributed by atoms with Crippen molar-refractivity contribution >= 4 is 6.03 Å². The van der Waals surface area contributed by atoms with Crippen LogP contribution in [0.3, 0.4) is 0 Å². The molecule has 0 bridgehead atoms. The Balaban J connectivity index is 2.20. The number of urea groups is 1. The number of hydrogen-bond donors (Lipinski definition) is 2. The maximum Gasteiger partial charge on any atom is 0.318 e. The van der Waals surface area contributed by atoms with Crippen LogP contribution < -0.4 is 11.1 Å². The van der Waals surface area contributed by atoms with Crippen molar-refractivity contribution < 1.29 is 4.79 Å². The Hall–Kier alpha value is -1.55. The fourth-order valence-corrected chi connectivity index (χ4v) is 2.63. The van der Waals surface area contributed by atoms with Crippen LogP contribution in [-0.4, -0.2) is 30.1 Å². The molecular weight excluding hydrogens is 238 g/mol. The molecule has 4 nitrogen and oxygen atoms in total. The minimum atomic E-state index is -0.0140. The van der Waals surface area contributed by atoms with Crippen LogP contribution in [0.4, 0.5) is 4.79 Å². The fraction of sp³-hybridized carbons (Fsp3) is 0.533. The number of nitrogens with one attached hydrogen (secondary N) is 1. The third-order valence-electron chi connectivity index (χ3n) is 3.75. The van der Waals surface area contributed by atoms with Crippen molar-refractivity contribution in [2.24, 2.45) is 5.73 Å². The Kier molecular flexibility index (Phi) is 3.80. The van der Waals surface area contributed by atoms with Gasteiger partial charge in [0.2, 0.25) is 0 Å². The van der Waals surface area contributed by atoms with Gasteiger partial charge in [0.15, 0.2) is 0 Å². The number of aryl methyl sites for hydroxylation is 3. The van der Waals surface area contributed by atoms with E-state index in [1.54, 1.807) is 4.90 Å². The minimum Gasteiger partial charge on any atom is -0.329 e. The second-order valence-electron chi connectivity index (χ2n) is 5.68. The summed E-state index contributed by atoms with van der Waals surface area (Å²) in [6.45, 7) is 9.54. The third kappa shape index (κ3) is 2.89. The minimum absolute atomic E-state index is 0.00495. The van der Waals surface area contributed by atoms with Crippen LogP contribution in [0.1, 0.15) is 35.2 Å². The fourth-order valence-electron chi connectivity index (χ4n) is 2.63. The maximum absolute atomic E-state index is 11.9. The van der Waals surface area contributed by atoms with E-state index in [1.165, 1.54) is 22.3 Å². The normalized spacial score (nSPS) is 20.6. The highest BCUT2D eigenvalue weighted by atomic mass is 16.2. The number of carbonyl (C=O) groups excluding carboxylic acids is 1. The van der Waals surface area contributed by atoms with Gasteiger partial charge in [-0.2, -0.15) is 0 Å². The van der Waals surface area contributed by atoms with E-state index in [-0.39, 0.29) is 18.1 Å². The van der Waals surface area contributed by atoms with Gasteiger partial charge in [-0.1, -0.05) is 12.1 Å². The molecule has 2 rings (SSSR count). The maximum atomic E-state index is 11.9. The van der Waals surface area contributed by atoms with E-state index in [4.69, 9.17) is 5.73 Å². The topological polar surface area (TPSA) is 58.4 Å². The Morgan fingerprint density at radius 2 is 1.95 bits per heavy atom. The van der Waals surface area contributed by atoms with Crippen LogP contribution in [-0.2, 0) is 0 Å². The SMILES string of the molecule is Cc1cc(C)c(C2CN(CC(C)N)C(=O)N2)cc1C. The molecule has 2 atom stereocenters. The highest BCUT2D eigenvalue weighted by Gasteiger charge is 2.30. The number of nitrogens with zero attached hydrogens (tertiary/aromatic N) is 1. The van der Waals surface area contributed by atoms with Crippen LogP contribution in [0.5, 0.6) is 0 Å². The summed E-state index contributed by atoms with van der Waals surface area (Å²) in [6, 6.07) is 4.44. The zero-order chi connectivity index (χ0) is 14.2. The van der Waals surface area contributed by atoms with Gasteiger partial charge in [0, 0.05) is 19.1 Å². The predicted octanol–water partition coefficient (Wildman–Crippen LogP) is 2.03. The number of rotatable bonds is 3. The van der Waals surface area contributed by atoms with E-state index in [1.807, 2.05) is 6.92 Å². The van der Waals surface area contributed by atoms with Crippen molar-refractivity contribution in [1.82, 2.24) is 10.2 Å². The number of hydrogen-bond acceptors (Lipinski definition) is 2. The molecule has 4 heteroatoms. The first-order valence-electron chi connectivity index (χ1n) is 6.77. The van der Waals surface area contributed by atoms with Crippen molar-refractivity contribution in [3.05, 3.63) is 34.4 Å². The predicted molar refractivity (Wildman–Crippen MR) is 77.1 cm³/mol. The van der Waals surface area contributed by atoms with E-state index in [2.05, 4.69) is 38.2 Å². The summed E-state index contributed by atoms with van der Waals surface area (Å²) in [6.07, 6.45) is 0. The van der Waals surface area contributed by atoms with E-state index >= 15 is 0 Å². The van der Waals surface area contributed by atoms with Crippen LogP contribution in [0.15, 0.2) is 12.1 Å². The third-order valence-corrected chi connectivity index (χ3v) is 3.75. The van der Waals surface area contributed by atoms with Crippen LogP contribution in [0.25, 0.3) is 0 Å². The summed E-state index contributed by atoms with van der Waals surface area (Å²) in [5.41, 5.74) is 10.8. The standard InChI is InChI=1S/C15H23N3O/c1-9-5-11(3)13(6-10(9)2)14-8-18(7-12(4)16)15(19)17-14/h5-6,12,14H,7-8,16H2,1-4H3,(H,17,19). The second-order valence-corrected chi connectivity index (χ2v) is 5.68. The molecule has 0 radical (unpaired) electrons. The molecule has 0 spiro atoms. The van der Waals surface area contributed by atoms with Crippen molar-refractivity contribution in [3.63, 3.8) is 0 Å². The number of carbonyl (C=O) groups is 1. The summed E-state index contributed by atoms with van der Waals surface area (Å²) >= 11 is 0. The average molecular weight is 261 g/mol. The molecule has 3 N–H and O–H groups in total. The summed E-state index contributed by atoms with van der Waals surface area (Å²) in [4.78, 5) is 13.7. The van der Waals surface area contributed by atoms with Gasteiger partial charge in [-0.05, 0) is 49.9 Å². The molecule has 19 heavy (non-hydrogen) atoms. The molecule has 2 unspecified atom stereocenters. The first-order valence-corrected chi connectivity index (χ1v) is 6.77. The number of benzene rings is 1. The Labute approximate surface area is 115 Å². The summed E-state index contributed by atoms with van der Waals surface area (Å²) in [7, 11) is 0. The highest BCUT2D eigenvalue weighted by Crippen LogP contribution is 2.25. The van der Waals surface area contributed by atoms with Gasteiger partial charge < -0.3 is 16.0 Å². The largest absolute Gasteiger partial charge is 0.329 e. The van der Waals surface area contributed by atoms with E-state index in [9.17, 15) is 4.79 Å². The first kappa shape index (κ1) is 13.9. The summed E-state index contributed by atoms with van der Waals surface area (Å²) < 4.78 is 0. The zero-order valence-corrected chi connectivity index (χ0v) is 12.2. The van der Waals surface area contributed by atoms with E-state index in [0.717, 1.165) is 0 Å². The quantitative estimate of drug-likeness (QED) is 0.874. The molecule has 1 heterocycles. The van der Waals surface area contributed by atoms with Gasteiger partial charge in [0.25, 0.3) is 0 Å². The molecular formula is C15H23N3O. The average Bonchev–Trinajstić information content (AvgIpc) is 2.64. The monoisotopic (exact) mass is 261 g/mol. The second kappa shape index (κ2) is 5.21. The van der Waals surface area contributed by atoms with Gasteiger partial charge in [-0.3, -0.25) is 0 Å². The van der Waals surface area contributed by atoms with Gasteiger partial charge in [-0.15, -0.1) is 0 Å². The van der Waals surface area contributed by atoms with Crippen LogP contribution in [0.2, 0.25) is 0 Å². The molecule has 1 aliphatic rings. The molecule has 1 saturated heterocycles. The Bertz CT molecular complexity index is 496. The van der Waals surface area contributed by atoms with Gasteiger partial charge in [0.05, 0.1) is 6.04 Å².